The second-order valence-electron chi connectivity index (χ2n) is 10.4. The summed E-state index contributed by atoms with van der Waals surface area (Å²) >= 11 is 0. The van der Waals surface area contributed by atoms with Crippen LogP contribution in [0.3, 0.4) is 0 Å². The third-order valence-electron chi connectivity index (χ3n) is 6.68. The molecule has 3 atom stereocenters. The molecule has 0 spiro atoms. The van der Waals surface area contributed by atoms with Crippen molar-refractivity contribution in [1.29, 1.82) is 0 Å². The molecule has 0 radical (unpaired) electrons. The highest BCUT2D eigenvalue weighted by Crippen LogP contribution is 2.47. The average molecular weight is 526 g/mol. The van der Waals surface area contributed by atoms with Gasteiger partial charge in [-0.05, 0) is 52.5 Å². The van der Waals surface area contributed by atoms with E-state index in [-0.39, 0.29) is 36.5 Å². The van der Waals surface area contributed by atoms with E-state index in [2.05, 4.69) is 20.1 Å². The Kier molecular flexibility index (Phi) is 6.06. The molecular formula is C24H27F4N5O4. The number of carbonyl (C=O) groups is 2. The maximum Gasteiger partial charge on any atom is 0.430 e. The Morgan fingerprint density at radius 2 is 2.00 bits per heavy atom. The van der Waals surface area contributed by atoms with Gasteiger partial charge in [0.05, 0.1) is 23.8 Å². The average Bonchev–Trinajstić information content (AvgIpc) is 3.39. The fourth-order valence-corrected chi connectivity index (χ4v) is 5.18. The summed E-state index contributed by atoms with van der Waals surface area (Å²) in [6, 6.07) is 0.716. The van der Waals surface area contributed by atoms with Gasteiger partial charge in [0, 0.05) is 29.6 Å². The molecule has 2 amide bonds. The summed E-state index contributed by atoms with van der Waals surface area (Å²) in [5, 5.41) is 6.86. The normalized spacial score (nSPS) is 23.7. The van der Waals surface area contributed by atoms with Gasteiger partial charge in [-0.1, -0.05) is 0 Å². The molecule has 0 aromatic carbocycles. The number of ether oxygens (including phenoxy) is 2. The summed E-state index contributed by atoms with van der Waals surface area (Å²) in [4.78, 5) is 29.4. The van der Waals surface area contributed by atoms with E-state index in [1.165, 1.54) is 17.2 Å². The second-order valence-corrected chi connectivity index (χ2v) is 10.4. The molecule has 0 saturated carbocycles. The number of aromatic nitrogens is 3. The number of hydrogen-bond acceptors (Lipinski definition) is 6. The lowest BCUT2D eigenvalue weighted by Crippen LogP contribution is -2.47. The number of likely N-dealkylation sites (tertiary alicyclic amines) is 1. The Hall–Kier alpha value is -3.38. The van der Waals surface area contributed by atoms with Crippen LogP contribution < -0.4 is 5.32 Å². The SMILES string of the molecule is CC(C)(C)OC(=O)N1CC[C@@H](n2nc(-c3ccnc4c3[C@H](C(F)(F)F)OC(=O)N4)c3c2CCC3)[C@@H](F)C1. The van der Waals surface area contributed by atoms with Crippen molar-refractivity contribution in [1.82, 2.24) is 19.7 Å². The first-order valence-electron chi connectivity index (χ1n) is 12.1. The fourth-order valence-electron chi connectivity index (χ4n) is 5.18. The molecule has 1 aliphatic carbocycles. The molecule has 2 aliphatic heterocycles. The van der Waals surface area contributed by atoms with Crippen molar-refractivity contribution in [3.8, 4) is 11.3 Å². The Bertz CT molecular complexity index is 1240. The Balaban J connectivity index is 1.50. The zero-order valence-corrected chi connectivity index (χ0v) is 20.6. The first-order chi connectivity index (χ1) is 17.3. The third kappa shape index (κ3) is 4.71. The maximum atomic E-state index is 15.5. The predicted molar refractivity (Wildman–Crippen MR) is 123 cm³/mol. The van der Waals surface area contributed by atoms with E-state index in [1.807, 2.05) is 0 Å². The minimum absolute atomic E-state index is 0.130. The van der Waals surface area contributed by atoms with Crippen LogP contribution in [0, 0.1) is 0 Å². The molecule has 0 unspecified atom stereocenters. The van der Waals surface area contributed by atoms with Crippen LogP contribution in [0.15, 0.2) is 12.3 Å². The van der Waals surface area contributed by atoms with Crippen molar-refractivity contribution in [3.63, 3.8) is 0 Å². The number of halogens is 4. The minimum atomic E-state index is -4.87. The van der Waals surface area contributed by atoms with Gasteiger partial charge in [-0.25, -0.2) is 19.0 Å². The largest absolute Gasteiger partial charge is 0.444 e. The summed E-state index contributed by atoms with van der Waals surface area (Å²) in [5.41, 5.74) is 0.896. The molecule has 4 heterocycles. The van der Waals surface area contributed by atoms with E-state index < -0.39 is 42.3 Å². The quantitative estimate of drug-likeness (QED) is 0.547. The highest BCUT2D eigenvalue weighted by atomic mass is 19.4. The Morgan fingerprint density at radius 3 is 2.68 bits per heavy atom. The number of anilines is 1. The zero-order chi connectivity index (χ0) is 26.7. The first-order valence-corrected chi connectivity index (χ1v) is 12.1. The van der Waals surface area contributed by atoms with Gasteiger partial charge in [0.25, 0.3) is 0 Å². The van der Waals surface area contributed by atoms with E-state index >= 15 is 4.39 Å². The summed E-state index contributed by atoms with van der Waals surface area (Å²) in [6.07, 6.45) is -7.17. The summed E-state index contributed by atoms with van der Waals surface area (Å²) in [5.74, 6) is -0.244. The van der Waals surface area contributed by atoms with Gasteiger partial charge < -0.3 is 14.4 Å². The van der Waals surface area contributed by atoms with Gasteiger partial charge in [0.1, 0.15) is 17.6 Å². The summed E-state index contributed by atoms with van der Waals surface area (Å²) in [6.45, 7) is 5.28. The monoisotopic (exact) mass is 525 g/mol. The van der Waals surface area contributed by atoms with E-state index in [9.17, 15) is 22.8 Å². The molecular weight excluding hydrogens is 498 g/mol. The molecule has 1 N–H and O–H groups in total. The smallest absolute Gasteiger partial charge is 0.430 e. The number of alkyl halides is 4. The van der Waals surface area contributed by atoms with Crippen LogP contribution in [0.5, 0.6) is 0 Å². The highest BCUT2D eigenvalue weighted by Gasteiger charge is 2.50. The number of amides is 2. The van der Waals surface area contributed by atoms with Crippen molar-refractivity contribution >= 4 is 18.0 Å². The van der Waals surface area contributed by atoms with Gasteiger partial charge in [-0.3, -0.25) is 10.00 Å². The van der Waals surface area contributed by atoms with Gasteiger partial charge in [0.15, 0.2) is 0 Å². The van der Waals surface area contributed by atoms with Crippen LogP contribution in [0.25, 0.3) is 11.3 Å². The number of nitrogens with one attached hydrogen (secondary N) is 1. The molecule has 9 nitrogen and oxygen atoms in total. The van der Waals surface area contributed by atoms with Gasteiger partial charge in [0.2, 0.25) is 6.10 Å². The number of piperidine rings is 1. The van der Waals surface area contributed by atoms with E-state index in [4.69, 9.17) is 4.74 Å². The number of cyclic esters (lactones) is 1. The van der Waals surface area contributed by atoms with Crippen LogP contribution >= 0.6 is 0 Å². The van der Waals surface area contributed by atoms with Crippen LogP contribution in [0.4, 0.5) is 33.0 Å². The molecule has 1 fully saturated rings. The Labute approximate surface area is 210 Å². The number of pyridine rings is 1. The first kappa shape index (κ1) is 25.3. The topological polar surface area (TPSA) is 98.6 Å². The highest BCUT2D eigenvalue weighted by molar-refractivity contribution is 5.89. The Morgan fingerprint density at radius 1 is 1.24 bits per heavy atom. The number of carbonyl (C=O) groups excluding carboxylic acids is 2. The van der Waals surface area contributed by atoms with Crippen molar-refractivity contribution in [2.24, 2.45) is 0 Å². The molecule has 5 rings (SSSR count). The minimum Gasteiger partial charge on any atom is -0.444 e. The van der Waals surface area contributed by atoms with Crippen molar-refractivity contribution < 1.29 is 36.6 Å². The van der Waals surface area contributed by atoms with E-state index in [1.54, 1.807) is 25.5 Å². The van der Waals surface area contributed by atoms with Crippen LogP contribution in [-0.2, 0) is 22.3 Å². The standard InChI is InChI=1S/C24H27F4N5O4/c1-23(2,3)37-22(35)32-10-8-16(14(25)11-32)33-15-6-4-5-12(15)18(31-33)13-7-9-29-20-17(13)19(24(26,27)28)36-21(34)30-20/h7,9,14,16,19H,4-6,8,10-11H2,1-3H3,(H,29,30,34)/t14-,16+,19+/m0/s1. The van der Waals surface area contributed by atoms with Crippen molar-refractivity contribution in [3.05, 3.63) is 29.1 Å². The lowest BCUT2D eigenvalue weighted by molar-refractivity contribution is -0.206. The van der Waals surface area contributed by atoms with Crippen molar-refractivity contribution in [2.45, 2.75) is 76.5 Å². The van der Waals surface area contributed by atoms with E-state index in [0.29, 0.717) is 18.5 Å². The van der Waals surface area contributed by atoms with Gasteiger partial charge >= 0.3 is 18.4 Å². The lowest BCUT2D eigenvalue weighted by atomic mass is 9.97. The maximum absolute atomic E-state index is 15.5. The zero-order valence-electron chi connectivity index (χ0n) is 20.6. The molecule has 37 heavy (non-hydrogen) atoms. The number of hydrogen-bond donors (Lipinski definition) is 1. The molecule has 1 saturated heterocycles. The number of fused-ring (bicyclic) bond motifs is 2. The van der Waals surface area contributed by atoms with Crippen LogP contribution in [-0.4, -0.2) is 62.9 Å². The number of nitrogens with zero attached hydrogens (tertiary/aromatic N) is 4. The summed E-state index contributed by atoms with van der Waals surface area (Å²) in [7, 11) is 0. The lowest BCUT2D eigenvalue weighted by Gasteiger charge is -2.36. The van der Waals surface area contributed by atoms with Crippen molar-refractivity contribution in [2.75, 3.05) is 18.4 Å². The summed E-state index contributed by atoms with van der Waals surface area (Å²) < 4.78 is 68.6. The molecule has 13 heteroatoms. The molecule has 2 aromatic heterocycles. The van der Waals surface area contributed by atoms with E-state index in [0.717, 1.165) is 17.7 Å². The fraction of sp³-hybridized carbons (Fsp3) is 0.583. The molecule has 2 aromatic rings. The number of rotatable bonds is 2. The van der Waals surface area contributed by atoms with Gasteiger partial charge in [-0.15, -0.1) is 0 Å². The van der Waals surface area contributed by atoms with Gasteiger partial charge in [-0.2, -0.15) is 18.3 Å². The molecule has 3 aliphatic rings. The molecule has 200 valence electrons. The predicted octanol–water partition coefficient (Wildman–Crippen LogP) is 5.12. The third-order valence-corrected chi connectivity index (χ3v) is 6.68. The second kappa shape index (κ2) is 8.88. The van der Waals surface area contributed by atoms with Crippen LogP contribution in [0.1, 0.15) is 62.6 Å². The van der Waals surface area contributed by atoms with Crippen LogP contribution in [0.2, 0.25) is 0 Å². The molecule has 0 bridgehead atoms.